The number of fused-ring (bicyclic) bond motifs is 3. The van der Waals surface area contributed by atoms with E-state index in [1.165, 1.54) is 11.1 Å². The Morgan fingerprint density at radius 2 is 1.43 bits per heavy atom. The van der Waals surface area contributed by atoms with E-state index in [1.54, 1.807) is 0 Å². The van der Waals surface area contributed by atoms with E-state index < -0.39 is 0 Å². The summed E-state index contributed by atoms with van der Waals surface area (Å²) in [5, 5.41) is 0. The van der Waals surface area contributed by atoms with Crippen molar-refractivity contribution >= 4 is 6.09 Å². The van der Waals surface area contributed by atoms with Crippen LogP contribution < -0.4 is 0 Å². The van der Waals surface area contributed by atoms with Crippen molar-refractivity contribution in [2.45, 2.75) is 18.9 Å². The molecule has 1 amide bonds. The highest BCUT2D eigenvalue weighted by atomic mass is 16.6. The van der Waals surface area contributed by atoms with Gasteiger partial charge in [0.25, 0.3) is 0 Å². The van der Waals surface area contributed by atoms with Crippen molar-refractivity contribution < 1.29 is 9.53 Å². The zero-order valence-electron chi connectivity index (χ0n) is 11.8. The lowest BCUT2D eigenvalue weighted by atomic mass is 10.1. The maximum atomic E-state index is 12.3. The van der Waals surface area contributed by atoms with Crippen molar-refractivity contribution in [3.05, 3.63) is 59.7 Å². The quantitative estimate of drug-likeness (QED) is 0.790. The van der Waals surface area contributed by atoms with E-state index in [4.69, 9.17) is 4.74 Å². The first-order chi connectivity index (χ1) is 10.3. The molecule has 1 aliphatic heterocycles. The molecule has 4 rings (SSSR count). The van der Waals surface area contributed by atoms with Gasteiger partial charge in [0.2, 0.25) is 0 Å². The van der Waals surface area contributed by atoms with Crippen LogP contribution in [0.25, 0.3) is 11.1 Å². The minimum atomic E-state index is -0.273. The second-order valence-electron chi connectivity index (χ2n) is 5.63. The molecule has 21 heavy (non-hydrogen) atoms. The molecular weight excluding hydrogens is 262 g/mol. The lowest BCUT2D eigenvalue weighted by molar-refractivity contribution is 0.0858. The predicted octanol–water partition coefficient (Wildman–Crippen LogP) is 3.99. The molecule has 1 aliphatic carbocycles. The molecule has 1 heterocycles. The average Bonchev–Trinajstić information content (AvgIpc) is 3.15. The topological polar surface area (TPSA) is 29.5 Å². The van der Waals surface area contributed by atoms with Crippen LogP contribution in [0.4, 0.5) is 4.79 Å². The summed E-state index contributed by atoms with van der Waals surface area (Å²) in [5.41, 5.74) is 4.53. The number of likely N-dealkylation sites (tertiary alicyclic amines) is 1. The average molecular weight is 279 g/mol. The number of ether oxygens (including phenoxy) is 1. The van der Waals surface area contributed by atoms with E-state index in [9.17, 15) is 4.79 Å². The van der Waals surface area contributed by atoms with Crippen molar-refractivity contribution in [1.82, 2.24) is 4.90 Å². The molecule has 0 saturated carbocycles. The molecule has 0 bridgehead atoms. The lowest BCUT2D eigenvalue weighted by Gasteiger charge is -2.20. The first kappa shape index (κ1) is 12.5. The maximum Gasteiger partial charge on any atom is 0.410 e. The molecule has 0 unspecified atom stereocenters. The number of nitrogens with zero attached hydrogens (tertiary/aromatic N) is 1. The largest absolute Gasteiger partial charge is 0.436 e. The van der Waals surface area contributed by atoms with Crippen molar-refractivity contribution in [2.24, 2.45) is 0 Å². The summed E-state index contributed by atoms with van der Waals surface area (Å²) >= 11 is 0. The molecule has 1 fully saturated rings. The van der Waals surface area contributed by atoms with Crippen molar-refractivity contribution in [2.75, 3.05) is 13.1 Å². The third-order valence-electron chi connectivity index (χ3n) is 4.36. The minimum absolute atomic E-state index is 0.191. The van der Waals surface area contributed by atoms with E-state index in [-0.39, 0.29) is 12.2 Å². The zero-order chi connectivity index (χ0) is 14.2. The Morgan fingerprint density at radius 1 is 0.905 bits per heavy atom. The number of rotatable bonds is 1. The fraction of sp³-hybridized carbons (Fsp3) is 0.278. The normalized spacial score (nSPS) is 16.7. The van der Waals surface area contributed by atoms with Gasteiger partial charge in [-0.15, -0.1) is 0 Å². The van der Waals surface area contributed by atoms with Crippen LogP contribution in [0.3, 0.4) is 0 Å². The Morgan fingerprint density at radius 3 is 2.00 bits per heavy atom. The SMILES string of the molecule is O=C(OC1c2ccccc2-c2ccccc21)N1CCCC1. The van der Waals surface area contributed by atoms with Crippen LogP contribution in [0, 0.1) is 0 Å². The molecule has 0 spiro atoms. The Kier molecular flexibility index (Phi) is 2.92. The number of carbonyl (C=O) groups is 1. The standard InChI is InChI=1S/C18H17NO2/c20-18(19-11-5-6-12-19)21-17-15-9-3-1-7-13(15)14-8-2-4-10-16(14)17/h1-4,7-10,17H,5-6,11-12H2. The summed E-state index contributed by atoms with van der Waals surface area (Å²) in [4.78, 5) is 14.1. The molecule has 106 valence electrons. The van der Waals surface area contributed by atoms with E-state index in [1.807, 2.05) is 29.2 Å². The van der Waals surface area contributed by atoms with Gasteiger partial charge < -0.3 is 9.64 Å². The van der Waals surface area contributed by atoms with Gasteiger partial charge in [0.1, 0.15) is 0 Å². The van der Waals surface area contributed by atoms with Crippen LogP contribution in [-0.2, 0) is 4.74 Å². The zero-order valence-corrected chi connectivity index (χ0v) is 11.8. The first-order valence-corrected chi connectivity index (χ1v) is 7.48. The van der Waals surface area contributed by atoms with E-state index in [0.717, 1.165) is 37.1 Å². The van der Waals surface area contributed by atoms with Crippen LogP contribution in [0.1, 0.15) is 30.1 Å². The molecule has 0 N–H and O–H groups in total. The highest BCUT2D eigenvalue weighted by Gasteiger charge is 2.32. The third kappa shape index (κ3) is 2.00. The molecule has 1 saturated heterocycles. The number of benzene rings is 2. The molecule has 2 aromatic carbocycles. The molecule has 0 atom stereocenters. The van der Waals surface area contributed by atoms with Gasteiger partial charge in [0.05, 0.1) is 0 Å². The first-order valence-electron chi connectivity index (χ1n) is 7.48. The Hall–Kier alpha value is -2.29. The number of hydrogen-bond donors (Lipinski definition) is 0. The second kappa shape index (κ2) is 4.92. The minimum Gasteiger partial charge on any atom is -0.436 e. The molecule has 0 radical (unpaired) electrons. The molecular formula is C18H17NO2. The fourth-order valence-corrected chi connectivity index (χ4v) is 3.31. The van der Waals surface area contributed by atoms with Crippen LogP contribution in [0.15, 0.2) is 48.5 Å². The summed E-state index contributed by atoms with van der Waals surface area (Å²) < 4.78 is 5.84. The van der Waals surface area contributed by atoms with Crippen molar-refractivity contribution in [1.29, 1.82) is 0 Å². The molecule has 3 nitrogen and oxygen atoms in total. The van der Waals surface area contributed by atoms with Gasteiger partial charge in [-0.1, -0.05) is 48.5 Å². The third-order valence-corrected chi connectivity index (χ3v) is 4.36. The Labute approximate surface area is 124 Å². The van der Waals surface area contributed by atoms with Crippen LogP contribution in [0.5, 0.6) is 0 Å². The van der Waals surface area contributed by atoms with Gasteiger partial charge in [0, 0.05) is 24.2 Å². The molecule has 2 aliphatic rings. The molecule has 3 heteroatoms. The molecule has 2 aromatic rings. The highest BCUT2D eigenvalue weighted by molar-refractivity contribution is 5.79. The van der Waals surface area contributed by atoms with Gasteiger partial charge in [-0.25, -0.2) is 4.79 Å². The second-order valence-corrected chi connectivity index (χ2v) is 5.63. The van der Waals surface area contributed by atoms with E-state index in [2.05, 4.69) is 24.3 Å². The van der Waals surface area contributed by atoms with Gasteiger partial charge in [-0.2, -0.15) is 0 Å². The van der Waals surface area contributed by atoms with Gasteiger partial charge in [-0.05, 0) is 24.0 Å². The monoisotopic (exact) mass is 279 g/mol. The lowest BCUT2D eigenvalue weighted by Crippen LogP contribution is -2.29. The van der Waals surface area contributed by atoms with Crippen LogP contribution in [0.2, 0.25) is 0 Å². The van der Waals surface area contributed by atoms with Crippen LogP contribution in [-0.4, -0.2) is 24.1 Å². The highest BCUT2D eigenvalue weighted by Crippen LogP contribution is 2.45. The van der Waals surface area contributed by atoms with Crippen molar-refractivity contribution in [3.8, 4) is 11.1 Å². The number of amides is 1. The smallest absolute Gasteiger partial charge is 0.410 e. The number of hydrogen-bond acceptors (Lipinski definition) is 2. The van der Waals surface area contributed by atoms with Gasteiger partial charge in [0.15, 0.2) is 6.10 Å². The van der Waals surface area contributed by atoms with Gasteiger partial charge >= 0.3 is 6.09 Å². The summed E-state index contributed by atoms with van der Waals surface area (Å²) in [7, 11) is 0. The Bertz CT molecular complexity index is 644. The fourth-order valence-electron chi connectivity index (χ4n) is 3.31. The van der Waals surface area contributed by atoms with E-state index in [0.29, 0.717) is 0 Å². The van der Waals surface area contributed by atoms with E-state index >= 15 is 0 Å². The van der Waals surface area contributed by atoms with Gasteiger partial charge in [-0.3, -0.25) is 0 Å². The maximum absolute atomic E-state index is 12.3. The summed E-state index contributed by atoms with van der Waals surface area (Å²) in [6.07, 6.45) is 1.69. The Balaban J connectivity index is 1.70. The van der Waals surface area contributed by atoms with Crippen molar-refractivity contribution in [3.63, 3.8) is 0 Å². The summed E-state index contributed by atoms with van der Waals surface area (Å²) in [5.74, 6) is 0. The number of carbonyl (C=O) groups excluding carboxylic acids is 1. The predicted molar refractivity (Wildman–Crippen MR) is 81.0 cm³/mol. The summed E-state index contributed by atoms with van der Waals surface area (Å²) in [6.45, 7) is 1.63. The molecule has 0 aromatic heterocycles. The van der Waals surface area contributed by atoms with Crippen LogP contribution >= 0.6 is 0 Å². The summed E-state index contributed by atoms with van der Waals surface area (Å²) in [6, 6.07) is 16.4.